The third kappa shape index (κ3) is 3.08. The maximum atomic E-state index is 6.44. The van der Waals surface area contributed by atoms with Crippen molar-refractivity contribution in [1.82, 2.24) is 9.88 Å². The van der Waals surface area contributed by atoms with Gasteiger partial charge in [-0.3, -0.25) is 4.98 Å². The Kier molecular flexibility index (Phi) is 4.87. The van der Waals surface area contributed by atoms with Crippen molar-refractivity contribution in [3.63, 3.8) is 0 Å². The normalized spacial score (nSPS) is 15.0. The van der Waals surface area contributed by atoms with Gasteiger partial charge in [-0.25, -0.2) is 0 Å². The highest BCUT2D eigenvalue weighted by Crippen LogP contribution is 2.42. The number of likely N-dealkylation sites (N-methyl/N-ethyl adjacent to an activating group) is 1. The van der Waals surface area contributed by atoms with Gasteiger partial charge in [-0.2, -0.15) is 0 Å². The Bertz CT molecular complexity index is 809. The highest BCUT2D eigenvalue weighted by molar-refractivity contribution is 14.1. The lowest BCUT2D eigenvalue weighted by Gasteiger charge is -2.34. The van der Waals surface area contributed by atoms with E-state index in [1.54, 1.807) is 12.4 Å². The van der Waals surface area contributed by atoms with Gasteiger partial charge in [0.25, 0.3) is 0 Å². The SMILES string of the molecule is C=C1C(I)=CC(c2ccccc2)=C(c2ccncc2Cl)N1CC. The summed E-state index contributed by atoms with van der Waals surface area (Å²) in [4.78, 5) is 6.32. The molecule has 1 aromatic heterocycles. The summed E-state index contributed by atoms with van der Waals surface area (Å²) in [6.45, 7) is 7.18. The van der Waals surface area contributed by atoms with Crippen LogP contribution in [0.1, 0.15) is 18.1 Å². The molecule has 23 heavy (non-hydrogen) atoms. The van der Waals surface area contributed by atoms with Crippen LogP contribution in [0.15, 0.2) is 70.7 Å². The molecular formula is C19H16ClIN2. The Labute approximate surface area is 155 Å². The van der Waals surface area contributed by atoms with Gasteiger partial charge < -0.3 is 4.90 Å². The summed E-state index contributed by atoms with van der Waals surface area (Å²) in [6, 6.07) is 12.3. The van der Waals surface area contributed by atoms with E-state index < -0.39 is 0 Å². The number of rotatable bonds is 3. The third-order valence-corrected chi connectivity index (χ3v) is 5.06. The molecule has 0 bridgehead atoms. The molecular weight excluding hydrogens is 419 g/mol. The van der Waals surface area contributed by atoms with E-state index in [-0.39, 0.29) is 0 Å². The van der Waals surface area contributed by atoms with E-state index in [0.717, 1.165) is 38.2 Å². The first kappa shape index (κ1) is 16.3. The summed E-state index contributed by atoms with van der Waals surface area (Å²) in [5.74, 6) is 0. The van der Waals surface area contributed by atoms with Crippen LogP contribution in [0.5, 0.6) is 0 Å². The molecule has 0 aliphatic carbocycles. The first-order valence-corrected chi connectivity index (χ1v) is 8.82. The topological polar surface area (TPSA) is 16.1 Å². The summed E-state index contributed by atoms with van der Waals surface area (Å²) < 4.78 is 1.14. The van der Waals surface area contributed by atoms with Crippen LogP contribution < -0.4 is 0 Å². The van der Waals surface area contributed by atoms with Crippen LogP contribution in [0.25, 0.3) is 11.3 Å². The number of pyridine rings is 1. The number of benzene rings is 1. The minimum absolute atomic E-state index is 0.646. The second-order valence-electron chi connectivity index (χ2n) is 5.17. The molecule has 116 valence electrons. The van der Waals surface area contributed by atoms with Gasteiger partial charge in [-0.1, -0.05) is 48.5 Å². The van der Waals surface area contributed by atoms with Crippen molar-refractivity contribution in [3.8, 4) is 0 Å². The van der Waals surface area contributed by atoms with E-state index in [4.69, 9.17) is 11.6 Å². The van der Waals surface area contributed by atoms with Crippen LogP contribution in [0.3, 0.4) is 0 Å². The third-order valence-electron chi connectivity index (χ3n) is 3.83. The maximum absolute atomic E-state index is 6.44. The van der Waals surface area contributed by atoms with Gasteiger partial charge in [0, 0.05) is 39.4 Å². The predicted molar refractivity (Wildman–Crippen MR) is 106 cm³/mol. The van der Waals surface area contributed by atoms with Crippen molar-refractivity contribution < 1.29 is 0 Å². The Morgan fingerprint density at radius 1 is 1.22 bits per heavy atom. The number of allylic oxidation sites excluding steroid dienone is 3. The van der Waals surface area contributed by atoms with Gasteiger partial charge in [0.15, 0.2) is 0 Å². The van der Waals surface area contributed by atoms with Gasteiger partial charge in [0.1, 0.15) is 0 Å². The van der Waals surface area contributed by atoms with E-state index >= 15 is 0 Å². The quantitative estimate of drug-likeness (QED) is 0.570. The van der Waals surface area contributed by atoms with Crippen LogP contribution in [-0.4, -0.2) is 16.4 Å². The molecule has 2 heterocycles. The molecule has 0 radical (unpaired) electrons. The minimum atomic E-state index is 0.646. The first-order chi connectivity index (χ1) is 11.1. The lowest BCUT2D eigenvalue weighted by atomic mass is 9.95. The Morgan fingerprint density at radius 3 is 2.61 bits per heavy atom. The van der Waals surface area contributed by atoms with Gasteiger partial charge in [0.2, 0.25) is 0 Å². The fourth-order valence-electron chi connectivity index (χ4n) is 2.73. The average molecular weight is 435 g/mol. The highest BCUT2D eigenvalue weighted by atomic mass is 127. The Morgan fingerprint density at radius 2 is 1.96 bits per heavy atom. The second-order valence-corrected chi connectivity index (χ2v) is 6.74. The van der Waals surface area contributed by atoms with Gasteiger partial charge in [0.05, 0.1) is 10.7 Å². The summed E-state index contributed by atoms with van der Waals surface area (Å²) in [5.41, 5.74) is 5.36. The molecule has 0 saturated heterocycles. The Hall–Kier alpha value is -1.59. The van der Waals surface area contributed by atoms with Crippen molar-refractivity contribution in [1.29, 1.82) is 0 Å². The zero-order valence-corrected chi connectivity index (χ0v) is 15.7. The molecule has 0 atom stereocenters. The summed E-state index contributed by atoms with van der Waals surface area (Å²) in [6.07, 6.45) is 5.64. The first-order valence-electron chi connectivity index (χ1n) is 7.37. The fraction of sp³-hybridized carbons (Fsp3) is 0.105. The molecule has 0 amide bonds. The molecule has 3 rings (SSSR count). The van der Waals surface area contributed by atoms with Crippen molar-refractivity contribution in [2.24, 2.45) is 0 Å². The molecule has 0 N–H and O–H groups in total. The highest BCUT2D eigenvalue weighted by Gasteiger charge is 2.25. The summed E-state index contributed by atoms with van der Waals surface area (Å²) in [5, 5.41) is 0.646. The number of hydrogen-bond donors (Lipinski definition) is 0. The van der Waals surface area contributed by atoms with E-state index in [0.29, 0.717) is 5.02 Å². The van der Waals surface area contributed by atoms with Crippen LogP contribution in [0, 0.1) is 0 Å². The number of hydrogen-bond acceptors (Lipinski definition) is 2. The predicted octanol–water partition coefficient (Wildman–Crippen LogP) is 5.77. The van der Waals surface area contributed by atoms with E-state index in [2.05, 4.69) is 76.3 Å². The molecule has 2 aromatic rings. The summed E-state index contributed by atoms with van der Waals surface area (Å²) in [7, 11) is 0. The van der Waals surface area contributed by atoms with Gasteiger partial charge >= 0.3 is 0 Å². The van der Waals surface area contributed by atoms with E-state index in [1.807, 2.05) is 12.1 Å². The van der Waals surface area contributed by atoms with Crippen LogP contribution in [0.2, 0.25) is 5.02 Å². The van der Waals surface area contributed by atoms with Crippen molar-refractivity contribution in [2.45, 2.75) is 6.92 Å². The molecule has 0 spiro atoms. The van der Waals surface area contributed by atoms with Crippen molar-refractivity contribution in [3.05, 3.63) is 86.9 Å². The monoisotopic (exact) mass is 434 g/mol. The molecule has 1 aromatic carbocycles. The average Bonchev–Trinajstić information content (AvgIpc) is 2.58. The number of aromatic nitrogens is 1. The largest absolute Gasteiger partial charge is 0.340 e. The lowest BCUT2D eigenvalue weighted by Crippen LogP contribution is -2.24. The van der Waals surface area contributed by atoms with Crippen molar-refractivity contribution >= 4 is 45.5 Å². The molecule has 1 aliphatic rings. The van der Waals surface area contributed by atoms with Gasteiger partial charge in [-0.05, 0) is 47.2 Å². The molecule has 2 nitrogen and oxygen atoms in total. The lowest BCUT2D eigenvalue weighted by molar-refractivity contribution is 0.531. The number of halogens is 2. The zero-order chi connectivity index (χ0) is 16.4. The Balaban J connectivity index is 2.32. The minimum Gasteiger partial charge on any atom is -0.340 e. The van der Waals surface area contributed by atoms with Crippen LogP contribution in [-0.2, 0) is 0 Å². The van der Waals surface area contributed by atoms with E-state index in [9.17, 15) is 0 Å². The summed E-state index contributed by atoms with van der Waals surface area (Å²) >= 11 is 8.78. The van der Waals surface area contributed by atoms with E-state index in [1.165, 1.54) is 0 Å². The van der Waals surface area contributed by atoms with Gasteiger partial charge in [-0.15, -0.1) is 0 Å². The molecule has 0 fully saturated rings. The number of nitrogens with zero attached hydrogens (tertiary/aromatic N) is 2. The second kappa shape index (κ2) is 6.89. The fourth-order valence-corrected chi connectivity index (χ4v) is 3.54. The van der Waals surface area contributed by atoms with Crippen LogP contribution in [0.4, 0.5) is 0 Å². The van der Waals surface area contributed by atoms with Crippen molar-refractivity contribution in [2.75, 3.05) is 6.54 Å². The molecule has 4 heteroatoms. The standard InChI is InChI=1S/C19H16ClIN2/c1-3-23-13(2)18(21)11-16(14-7-5-4-6-8-14)19(23)15-9-10-22-12-17(15)20/h4-12H,2-3H2,1H3. The molecule has 0 saturated carbocycles. The smallest absolute Gasteiger partial charge is 0.0682 e. The zero-order valence-electron chi connectivity index (χ0n) is 12.8. The van der Waals surface area contributed by atoms with Crippen LogP contribution >= 0.6 is 34.2 Å². The maximum Gasteiger partial charge on any atom is 0.0682 e. The molecule has 1 aliphatic heterocycles. The molecule has 0 unspecified atom stereocenters.